The van der Waals surface area contributed by atoms with Gasteiger partial charge in [0.2, 0.25) is 5.88 Å². The molecular weight excluding hydrogens is 276 g/mol. The average molecular weight is 298 g/mol. The number of aromatic hydroxyl groups is 1. The monoisotopic (exact) mass is 298 g/mol. The number of hydrogen-bond acceptors (Lipinski definition) is 4. The minimum atomic E-state index is 0.281. The van der Waals surface area contributed by atoms with Crippen molar-refractivity contribution in [1.29, 1.82) is 0 Å². The summed E-state index contributed by atoms with van der Waals surface area (Å²) in [6.45, 7) is 2.27. The lowest BCUT2D eigenvalue weighted by atomic mass is 9.90. The van der Waals surface area contributed by atoms with Crippen molar-refractivity contribution < 1.29 is 5.11 Å². The molecule has 2 aromatic rings. The minimum Gasteiger partial charge on any atom is -0.493 e. The van der Waals surface area contributed by atoms with E-state index in [9.17, 15) is 5.11 Å². The molecule has 1 saturated heterocycles. The highest BCUT2D eigenvalue weighted by molar-refractivity contribution is 5.40. The van der Waals surface area contributed by atoms with Crippen LogP contribution < -0.4 is 0 Å². The van der Waals surface area contributed by atoms with Crippen molar-refractivity contribution in [3.8, 4) is 11.7 Å². The third-order valence-electron chi connectivity index (χ3n) is 4.90. The molecule has 4 rings (SSSR count). The largest absolute Gasteiger partial charge is 0.493 e. The van der Waals surface area contributed by atoms with Crippen LogP contribution in [0.2, 0.25) is 0 Å². The molecule has 3 heterocycles. The van der Waals surface area contributed by atoms with E-state index in [0.717, 1.165) is 43.6 Å². The van der Waals surface area contributed by atoms with Crippen LogP contribution in [0.3, 0.4) is 0 Å². The molecule has 1 aliphatic carbocycles. The number of pyridine rings is 1. The SMILES string of the molecule is Oc1c2c(nn1-c1ccccn1)CCCC2N1CCCCC1. The predicted molar refractivity (Wildman–Crippen MR) is 84.1 cm³/mol. The van der Waals surface area contributed by atoms with Gasteiger partial charge in [-0.05, 0) is 57.3 Å². The quantitative estimate of drug-likeness (QED) is 0.926. The van der Waals surface area contributed by atoms with E-state index in [1.165, 1.54) is 19.3 Å². The standard InChI is InChI=1S/C17H22N4O/c22-17-16-13(19-21(17)15-9-2-3-10-18-15)7-6-8-14(16)20-11-4-1-5-12-20/h2-3,9-10,14,22H,1,4-8,11-12H2. The molecule has 0 spiro atoms. The van der Waals surface area contributed by atoms with E-state index in [2.05, 4.69) is 15.0 Å². The van der Waals surface area contributed by atoms with Gasteiger partial charge in [0.15, 0.2) is 5.82 Å². The fourth-order valence-electron chi connectivity index (χ4n) is 3.83. The van der Waals surface area contributed by atoms with Gasteiger partial charge >= 0.3 is 0 Å². The van der Waals surface area contributed by atoms with Crippen LogP contribution in [0.25, 0.3) is 5.82 Å². The van der Waals surface area contributed by atoms with Crippen LogP contribution in [0.5, 0.6) is 5.88 Å². The number of likely N-dealkylation sites (tertiary alicyclic amines) is 1. The molecule has 1 fully saturated rings. The smallest absolute Gasteiger partial charge is 0.220 e. The maximum absolute atomic E-state index is 10.8. The van der Waals surface area contributed by atoms with Gasteiger partial charge in [-0.3, -0.25) is 4.90 Å². The fraction of sp³-hybridized carbons (Fsp3) is 0.529. The highest BCUT2D eigenvalue weighted by Gasteiger charge is 2.33. The second-order valence-corrected chi connectivity index (χ2v) is 6.29. The zero-order valence-corrected chi connectivity index (χ0v) is 12.8. The van der Waals surface area contributed by atoms with Gasteiger partial charge in [0.25, 0.3) is 0 Å². The maximum Gasteiger partial charge on any atom is 0.220 e. The van der Waals surface area contributed by atoms with Gasteiger partial charge in [0, 0.05) is 12.2 Å². The summed E-state index contributed by atoms with van der Waals surface area (Å²) in [6.07, 6.45) is 8.81. The molecule has 0 bridgehead atoms. The molecule has 0 radical (unpaired) electrons. The van der Waals surface area contributed by atoms with Gasteiger partial charge in [-0.15, -0.1) is 0 Å². The lowest BCUT2D eigenvalue weighted by molar-refractivity contribution is 0.146. The summed E-state index contributed by atoms with van der Waals surface area (Å²) in [5.74, 6) is 0.968. The van der Waals surface area contributed by atoms with Crippen molar-refractivity contribution in [2.24, 2.45) is 0 Å². The first kappa shape index (κ1) is 13.8. The maximum atomic E-state index is 10.8. The van der Waals surface area contributed by atoms with E-state index in [1.807, 2.05) is 18.2 Å². The van der Waals surface area contributed by atoms with Crippen molar-refractivity contribution >= 4 is 0 Å². The van der Waals surface area contributed by atoms with E-state index >= 15 is 0 Å². The Morgan fingerprint density at radius 2 is 1.95 bits per heavy atom. The Morgan fingerprint density at radius 3 is 2.73 bits per heavy atom. The first-order valence-corrected chi connectivity index (χ1v) is 8.31. The van der Waals surface area contributed by atoms with Crippen molar-refractivity contribution in [3.63, 3.8) is 0 Å². The highest BCUT2D eigenvalue weighted by Crippen LogP contribution is 2.41. The lowest BCUT2D eigenvalue weighted by Crippen LogP contribution is -2.35. The van der Waals surface area contributed by atoms with Crippen LogP contribution >= 0.6 is 0 Å². The van der Waals surface area contributed by atoms with E-state index in [1.54, 1.807) is 10.9 Å². The molecule has 5 nitrogen and oxygen atoms in total. The molecule has 1 aliphatic heterocycles. The molecular formula is C17H22N4O. The van der Waals surface area contributed by atoms with E-state index in [-0.39, 0.29) is 5.88 Å². The van der Waals surface area contributed by atoms with Crippen molar-refractivity contribution in [2.75, 3.05) is 13.1 Å². The van der Waals surface area contributed by atoms with Crippen LogP contribution in [0.1, 0.15) is 49.4 Å². The van der Waals surface area contributed by atoms with Crippen LogP contribution in [0.15, 0.2) is 24.4 Å². The third-order valence-corrected chi connectivity index (χ3v) is 4.90. The van der Waals surface area contributed by atoms with E-state index < -0.39 is 0 Å². The number of piperidine rings is 1. The molecule has 116 valence electrons. The van der Waals surface area contributed by atoms with Gasteiger partial charge in [-0.25, -0.2) is 4.98 Å². The van der Waals surface area contributed by atoms with E-state index in [4.69, 9.17) is 0 Å². The molecule has 5 heteroatoms. The summed E-state index contributed by atoms with van der Waals surface area (Å²) < 4.78 is 1.60. The number of aromatic nitrogens is 3. The number of fused-ring (bicyclic) bond motifs is 1. The Labute approximate surface area is 130 Å². The summed E-state index contributed by atoms with van der Waals surface area (Å²) in [5.41, 5.74) is 2.09. The highest BCUT2D eigenvalue weighted by atomic mass is 16.3. The van der Waals surface area contributed by atoms with Gasteiger partial charge in [-0.1, -0.05) is 12.5 Å². The molecule has 0 amide bonds. The van der Waals surface area contributed by atoms with E-state index in [0.29, 0.717) is 11.9 Å². The summed E-state index contributed by atoms with van der Waals surface area (Å²) in [6, 6.07) is 6.00. The van der Waals surface area contributed by atoms with Crippen LogP contribution in [-0.2, 0) is 6.42 Å². The lowest BCUT2D eigenvalue weighted by Gasteiger charge is -2.36. The molecule has 2 aromatic heterocycles. The number of rotatable bonds is 2. The van der Waals surface area contributed by atoms with Crippen LogP contribution in [0, 0.1) is 0 Å². The summed E-state index contributed by atoms with van der Waals surface area (Å²) in [4.78, 5) is 6.85. The Balaban J connectivity index is 1.73. The van der Waals surface area contributed by atoms with Crippen LogP contribution in [0.4, 0.5) is 0 Å². The normalized spacial score (nSPS) is 22.5. The third kappa shape index (κ3) is 2.29. The van der Waals surface area contributed by atoms with Crippen molar-refractivity contribution in [2.45, 2.75) is 44.6 Å². The predicted octanol–water partition coefficient (Wildman–Crippen LogP) is 2.84. The average Bonchev–Trinajstić information content (AvgIpc) is 2.94. The Morgan fingerprint density at radius 1 is 1.09 bits per heavy atom. The molecule has 1 atom stereocenters. The van der Waals surface area contributed by atoms with Gasteiger partial charge in [0.05, 0.1) is 11.3 Å². The van der Waals surface area contributed by atoms with Gasteiger partial charge < -0.3 is 5.11 Å². The summed E-state index contributed by atoms with van der Waals surface area (Å²) in [5, 5.41) is 15.4. The Bertz CT molecular complexity index is 646. The molecule has 0 saturated carbocycles. The minimum absolute atomic E-state index is 0.281. The molecule has 22 heavy (non-hydrogen) atoms. The van der Waals surface area contributed by atoms with Gasteiger partial charge in [0.1, 0.15) is 0 Å². The van der Waals surface area contributed by atoms with Crippen molar-refractivity contribution in [1.82, 2.24) is 19.7 Å². The van der Waals surface area contributed by atoms with Gasteiger partial charge in [-0.2, -0.15) is 9.78 Å². The summed E-state index contributed by atoms with van der Waals surface area (Å²) >= 11 is 0. The molecule has 1 N–H and O–H groups in total. The first-order chi connectivity index (χ1) is 10.8. The molecule has 0 aromatic carbocycles. The van der Waals surface area contributed by atoms with Crippen molar-refractivity contribution in [3.05, 3.63) is 35.7 Å². The summed E-state index contributed by atoms with van der Waals surface area (Å²) in [7, 11) is 0. The van der Waals surface area contributed by atoms with Crippen LogP contribution in [-0.4, -0.2) is 37.9 Å². The first-order valence-electron chi connectivity index (χ1n) is 8.31. The fourth-order valence-corrected chi connectivity index (χ4v) is 3.83. The Hall–Kier alpha value is -1.88. The topological polar surface area (TPSA) is 54.2 Å². The molecule has 1 unspecified atom stereocenters. The second kappa shape index (κ2) is 5.72. The second-order valence-electron chi connectivity index (χ2n) is 6.29. The molecule has 2 aliphatic rings. The number of nitrogens with zero attached hydrogens (tertiary/aromatic N) is 4. The zero-order chi connectivity index (χ0) is 14.9. The number of hydrogen-bond donors (Lipinski definition) is 1. The Kier molecular flexibility index (Phi) is 3.58. The zero-order valence-electron chi connectivity index (χ0n) is 12.8. The number of aryl methyl sites for hydroxylation is 1.